The molecule has 2 fully saturated rings. The van der Waals surface area contributed by atoms with Gasteiger partial charge in [0, 0.05) is 12.1 Å². The number of piperidine rings is 1. The molecule has 122 valence electrons. The third-order valence-corrected chi connectivity index (χ3v) is 5.32. The topological polar surface area (TPSA) is 58.6 Å². The summed E-state index contributed by atoms with van der Waals surface area (Å²) in [7, 11) is 0. The second kappa shape index (κ2) is 5.64. The SMILES string of the molecule is O=C1NC2(CCC1N1CCCCc3ccccc3C1=O)COC2. The number of nitrogens with one attached hydrogen (secondary N) is 1. The molecule has 1 atom stereocenters. The molecule has 0 saturated carbocycles. The van der Waals surface area contributed by atoms with Crippen molar-refractivity contribution in [3.05, 3.63) is 35.4 Å². The number of nitrogens with zero attached hydrogens (tertiary/aromatic N) is 1. The maximum absolute atomic E-state index is 13.0. The summed E-state index contributed by atoms with van der Waals surface area (Å²) in [5.74, 6) is -0.0211. The lowest BCUT2D eigenvalue weighted by Crippen LogP contribution is -2.69. The largest absolute Gasteiger partial charge is 0.376 e. The van der Waals surface area contributed by atoms with E-state index in [1.807, 2.05) is 24.3 Å². The third-order valence-electron chi connectivity index (χ3n) is 5.32. The fourth-order valence-corrected chi connectivity index (χ4v) is 3.91. The smallest absolute Gasteiger partial charge is 0.254 e. The zero-order valence-electron chi connectivity index (χ0n) is 13.2. The zero-order chi connectivity index (χ0) is 15.9. The Morgan fingerprint density at radius 3 is 2.74 bits per heavy atom. The van der Waals surface area contributed by atoms with Gasteiger partial charge in [0.1, 0.15) is 6.04 Å². The van der Waals surface area contributed by atoms with Crippen molar-refractivity contribution in [3.63, 3.8) is 0 Å². The Hall–Kier alpha value is -1.88. The Kier molecular flexibility index (Phi) is 3.60. The first-order chi connectivity index (χ1) is 11.2. The van der Waals surface area contributed by atoms with Gasteiger partial charge in [0.2, 0.25) is 5.91 Å². The summed E-state index contributed by atoms with van der Waals surface area (Å²) in [4.78, 5) is 27.4. The van der Waals surface area contributed by atoms with Crippen LogP contribution in [-0.2, 0) is 16.0 Å². The van der Waals surface area contributed by atoms with Gasteiger partial charge in [-0.1, -0.05) is 18.2 Å². The average molecular weight is 314 g/mol. The minimum absolute atomic E-state index is 0.00117. The van der Waals surface area contributed by atoms with Crippen LogP contribution in [0, 0.1) is 0 Å². The Labute approximate surface area is 136 Å². The first-order valence-electron chi connectivity index (χ1n) is 8.47. The standard InChI is InChI=1S/C18H22N2O3/c21-16-15(8-9-18(19-16)11-23-12-18)20-10-4-3-6-13-5-1-2-7-14(13)17(20)22/h1-2,5,7,15H,3-4,6,8-12H2,(H,19,21). The average Bonchev–Trinajstić information content (AvgIpc) is 2.52. The highest BCUT2D eigenvalue weighted by molar-refractivity contribution is 5.99. The molecule has 0 aliphatic carbocycles. The van der Waals surface area contributed by atoms with Crippen molar-refractivity contribution < 1.29 is 14.3 Å². The van der Waals surface area contributed by atoms with Crippen molar-refractivity contribution >= 4 is 11.8 Å². The predicted octanol–water partition coefficient (Wildman–Crippen LogP) is 1.51. The van der Waals surface area contributed by atoms with Gasteiger partial charge < -0.3 is 15.0 Å². The Morgan fingerprint density at radius 2 is 2.00 bits per heavy atom. The lowest BCUT2D eigenvalue weighted by Gasteiger charge is -2.48. The maximum Gasteiger partial charge on any atom is 0.254 e. The van der Waals surface area contributed by atoms with Gasteiger partial charge >= 0.3 is 0 Å². The quantitative estimate of drug-likeness (QED) is 0.855. The first kappa shape index (κ1) is 14.7. The van der Waals surface area contributed by atoms with Gasteiger partial charge in [-0.05, 0) is 43.7 Å². The van der Waals surface area contributed by atoms with Crippen LogP contribution < -0.4 is 5.32 Å². The second-order valence-electron chi connectivity index (χ2n) is 6.93. The highest BCUT2D eigenvalue weighted by Gasteiger charge is 2.47. The maximum atomic E-state index is 13.0. The van der Waals surface area contributed by atoms with Crippen molar-refractivity contribution in [1.29, 1.82) is 0 Å². The summed E-state index contributed by atoms with van der Waals surface area (Å²) in [6.45, 7) is 1.86. The normalized spacial score (nSPS) is 26.8. The van der Waals surface area contributed by atoms with Crippen molar-refractivity contribution in [2.24, 2.45) is 0 Å². The molecule has 1 aromatic carbocycles. The fourth-order valence-electron chi connectivity index (χ4n) is 3.91. The molecule has 0 bridgehead atoms. The molecule has 2 saturated heterocycles. The van der Waals surface area contributed by atoms with Crippen molar-refractivity contribution in [3.8, 4) is 0 Å². The minimum atomic E-state index is -0.347. The van der Waals surface area contributed by atoms with Gasteiger partial charge in [0.25, 0.3) is 5.91 Å². The minimum Gasteiger partial charge on any atom is -0.376 e. The Bertz CT molecular complexity index is 639. The van der Waals surface area contributed by atoms with E-state index in [0.717, 1.165) is 43.2 Å². The summed E-state index contributed by atoms with van der Waals surface area (Å²) in [5.41, 5.74) is 1.69. The lowest BCUT2D eigenvalue weighted by molar-refractivity contribution is -0.145. The van der Waals surface area contributed by atoms with E-state index >= 15 is 0 Å². The molecule has 1 N–H and O–H groups in total. The number of rotatable bonds is 1. The molecule has 3 aliphatic heterocycles. The van der Waals surface area contributed by atoms with Gasteiger partial charge in [-0.2, -0.15) is 0 Å². The van der Waals surface area contributed by atoms with Gasteiger partial charge in [-0.25, -0.2) is 0 Å². The summed E-state index contributed by atoms with van der Waals surface area (Å²) in [6.07, 6.45) is 4.54. The molecule has 0 radical (unpaired) electrons. The number of fused-ring (bicyclic) bond motifs is 1. The molecule has 3 aliphatic rings. The fraction of sp³-hybridized carbons (Fsp3) is 0.556. The molecule has 5 nitrogen and oxygen atoms in total. The summed E-state index contributed by atoms with van der Waals surface area (Å²) in [5, 5.41) is 3.10. The highest BCUT2D eigenvalue weighted by Crippen LogP contribution is 2.30. The van der Waals surface area contributed by atoms with Crippen LogP contribution in [0.15, 0.2) is 24.3 Å². The van der Waals surface area contributed by atoms with Crippen LogP contribution >= 0.6 is 0 Å². The number of aryl methyl sites for hydroxylation is 1. The van der Waals surface area contributed by atoms with Crippen LogP contribution in [0.3, 0.4) is 0 Å². The van der Waals surface area contributed by atoms with E-state index in [9.17, 15) is 9.59 Å². The molecule has 1 spiro atoms. The van der Waals surface area contributed by atoms with Crippen LogP contribution in [0.1, 0.15) is 41.6 Å². The van der Waals surface area contributed by atoms with E-state index in [-0.39, 0.29) is 23.4 Å². The monoisotopic (exact) mass is 314 g/mol. The van der Waals surface area contributed by atoms with Crippen molar-refractivity contribution in [2.45, 2.75) is 43.7 Å². The van der Waals surface area contributed by atoms with Gasteiger partial charge in [-0.3, -0.25) is 9.59 Å². The van der Waals surface area contributed by atoms with Crippen LogP contribution in [0.4, 0.5) is 0 Å². The summed E-state index contributed by atoms with van der Waals surface area (Å²) >= 11 is 0. The molecule has 1 aromatic rings. The van der Waals surface area contributed by atoms with E-state index < -0.39 is 0 Å². The van der Waals surface area contributed by atoms with Crippen LogP contribution in [0.25, 0.3) is 0 Å². The molecular weight excluding hydrogens is 292 g/mol. The molecule has 3 heterocycles. The number of ether oxygens (including phenoxy) is 1. The summed E-state index contributed by atoms with van der Waals surface area (Å²) in [6, 6.07) is 7.44. The second-order valence-corrected chi connectivity index (χ2v) is 6.93. The number of benzene rings is 1. The van der Waals surface area contributed by atoms with E-state index in [0.29, 0.717) is 19.8 Å². The summed E-state index contributed by atoms with van der Waals surface area (Å²) < 4.78 is 5.25. The molecular formula is C18H22N2O3. The first-order valence-corrected chi connectivity index (χ1v) is 8.47. The molecule has 0 aromatic heterocycles. The van der Waals surface area contributed by atoms with Gasteiger partial charge in [-0.15, -0.1) is 0 Å². The number of amides is 2. The molecule has 23 heavy (non-hydrogen) atoms. The Balaban J connectivity index is 1.58. The zero-order valence-corrected chi connectivity index (χ0v) is 13.2. The van der Waals surface area contributed by atoms with E-state index in [2.05, 4.69) is 5.32 Å². The number of hydrogen-bond donors (Lipinski definition) is 1. The molecule has 2 amide bonds. The predicted molar refractivity (Wildman–Crippen MR) is 85.1 cm³/mol. The van der Waals surface area contributed by atoms with Gasteiger partial charge in [0.15, 0.2) is 0 Å². The molecule has 5 heteroatoms. The molecule has 1 unspecified atom stereocenters. The van der Waals surface area contributed by atoms with Gasteiger partial charge in [0.05, 0.1) is 18.8 Å². The van der Waals surface area contributed by atoms with Crippen LogP contribution in [0.2, 0.25) is 0 Å². The van der Waals surface area contributed by atoms with E-state index in [4.69, 9.17) is 4.74 Å². The highest BCUT2D eigenvalue weighted by atomic mass is 16.5. The number of hydrogen-bond acceptors (Lipinski definition) is 3. The van der Waals surface area contributed by atoms with Crippen LogP contribution in [0.5, 0.6) is 0 Å². The molecule has 4 rings (SSSR count). The third kappa shape index (κ3) is 2.53. The van der Waals surface area contributed by atoms with Crippen LogP contribution in [-0.4, -0.2) is 48.1 Å². The van der Waals surface area contributed by atoms with E-state index in [1.165, 1.54) is 0 Å². The van der Waals surface area contributed by atoms with Crippen molar-refractivity contribution in [1.82, 2.24) is 10.2 Å². The lowest BCUT2D eigenvalue weighted by atomic mass is 9.84. The number of carbonyl (C=O) groups is 2. The Morgan fingerprint density at radius 1 is 1.17 bits per heavy atom. The van der Waals surface area contributed by atoms with Crippen molar-refractivity contribution in [2.75, 3.05) is 19.8 Å². The van der Waals surface area contributed by atoms with E-state index in [1.54, 1.807) is 4.90 Å². The number of carbonyl (C=O) groups excluding carboxylic acids is 2.